The number of nitrogens with zero attached hydrogens (tertiary/aromatic N) is 4. The molecule has 0 amide bonds. The van der Waals surface area contributed by atoms with Gasteiger partial charge in [-0.05, 0) is 36.4 Å². The van der Waals surface area contributed by atoms with E-state index in [1.165, 1.54) is 0 Å². The SMILES string of the molecule is O=c1c2ccc3c4c(ccc(c24)c2nc4c(n12)CC(C(F)(F)F)C=C4C(F)(F)F)c(=O)n1c2cc(C(F)(F)F)cc(C(F)(F)F)c2nc31. The molecule has 1 aliphatic rings. The van der Waals surface area contributed by atoms with Crippen LogP contribution in [0.1, 0.15) is 22.5 Å². The van der Waals surface area contributed by atoms with E-state index < -0.39 is 98.6 Å². The minimum absolute atomic E-state index is 0.00332. The summed E-state index contributed by atoms with van der Waals surface area (Å²) in [6, 6.07) is 4.67. The van der Waals surface area contributed by atoms with Crippen LogP contribution in [0.2, 0.25) is 0 Å². The summed E-state index contributed by atoms with van der Waals surface area (Å²) in [7, 11) is 0. The van der Waals surface area contributed by atoms with Crippen LogP contribution >= 0.6 is 0 Å². The molecular formula is C30H10F12N4O2. The molecule has 4 heterocycles. The lowest BCUT2D eigenvalue weighted by Gasteiger charge is -2.24. The minimum Gasteiger partial charge on any atom is -0.268 e. The van der Waals surface area contributed by atoms with Crippen molar-refractivity contribution in [1.29, 1.82) is 0 Å². The molecule has 48 heavy (non-hydrogen) atoms. The van der Waals surface area contributed by atoms with E-state index in [2.05, 4.69) is 9.97 Å². The first-order valence-electron chi connectivity index (χ1n) is 13.6. The largest absolute Gasteiger partial charge is 0.418 e. The van der Waals surface area contributed by atoms with Crippen molar-refractivity contribution < 1.29 is 52.7 Å². The van der Waals surface area contributed by atoms with E-state index >= 15 is 0 Å². The molecular weight excluding hydrogens is 676 g/mol. The van der Waals surface area contributed by atoms with E-state index in [0.717, 1.165) is 24.3 Å². The van der Waals surface area contributed by atoms with Crippen LogP contribution in [-0.4, -0.2) is 31.1 Å². The van der Waals surface area contributed by atoms with Gasteiger partial charge in [-0.3, -0.25) is 18.4 Å². The highest BCUT2D eigenvalue weighted by molar-refractivity contribution is 6.27. The average molecular weight is 686 g/mol. The Balaban J connectivity index is 1.52. The van der Waals surface area contributed by atoms with Crippen molar-refractivity contribution >= 4 is 60.2 Å². The number of hydrogen-bond donors (Lipinski definition) is 0. The average Bonchev–Trinajstić information content (AvgIpc) is 3.55. The molecule has 0 bridgehead atoms. The molecule has 1 atom stereocenters. The van der Waals surface area contributed by atoms with Gasteiger partial charge in [0.25, 0.3) is 11.1 Å². The Labute approximate surface area is 254 Å². The molecule has 18 heteroatoms. The highest BCUT2D eigenvalue weighted by atomic mass is 19.4. The molecule has 0 saturated carbocycles. The van der Waals surface area contributed by atoms with Crippen LogP contribution in [0.15, 0.2) is 52.1 Å². The molecule has 0 radical (unpaired) electrons. The lowest BCUT2D eigenvalue weighted by atomic mass is 9.90. The van der Waals surface area contributed by atoms with E-state index in [1.807, 2.05) is 0 Å². The van der Waals surface area contributed by atoms with Crippen molar-refractivity contribution in [3.05, 3.63) is 85.7 Å². The molecule has 0 N–H and O–H groups in total. The standard InChI is InChI=1S/C30H10F12N4O2/c31-27(32,33)9-5-15(29(37,38)39)21-17(7-9)45-23(43-21)11-1-3-13-20-12(2-4-14(19(11)20)26(45)48)24-44-22-16(30(40,41)42)6-10(28(34,35)36)8-18(22)46(24)25(13)47/h1-7,10H,8H2. The van der Waals surface area contributed by atoms with E-state index in [-0.39, 0.29) is 44.5 Å². The molecule has 0 aliphatic heterocycles. The van der Waals surface area contributed by atoms with Gasteiger partial charge >= 0.3 is 24.7 Å². The third kappa shape index (κ3) is 3.91. The lowest BCUT2D eigenvalue weighted by molar-refractivity contribution is -0.161. The summed E-state index contributed by atoms with van der Waals surface area (Å²) in [6.07, 6.45) is -22.0. The minimum atomic E-state index is -5.33. The van der Waals surface area contributed by atoms with E-state index in [0.29, 0.717) is 14.9 Å². The predicted octanol–water partition coefficient (Wildman–Crippen LogP) is 7.91. The highest BCUT2D eigenvalue weighted by Gasteiger charge is 2.48. The molecule has 0 fully saturated rings. The Morgan fingerprint density at radius 1 is 0.646 bits per heavy atom. The molecule has 4 aromatic heterocycles. The summed E-state index contributed by atoms with van der Waals surface area (Å²) in [4.78, 5) is 35.5. The Hall–Kier alpha value is -5.16. The third-order valence-corrected chi connectivity index (χ3v) is 8.64. The van der Waals surface area contributed by atoms with Crippen LogP contribution in [0.3, 0.4) is 0 Å². The Morgan fingerprint density at radius 3 is 1.71 bits per heavy atom. The van der Waals surface area contributed by atoms with Gasteiger partial charge in [-0.2, -0.15) is 52.7 Å². The van der Waals surface area contributed by atoms with Crippen molar-refractivity contribution in [2.75, 3.05) is 0 Å². The van der Waals surface area contributed by atoms with Gasteiger partial charge in [0.2, 0.25) is 0 Å². The fourth-order valence-electron chi connectivity index (χ4n) is 6.65. The summed E-state index contributed by atoms with van der Waals surface area (Å²) in [5, 5.41) is -0.978. The molecule has 6 nitrogen and oxygen atoms in total. The van der Waals surface area contributed by atoms with Crippen molar-refractivity contribution in [1.82, 2.24) is 18.8 Å². The lowest BCUT2D eigenvalue weighted by Crippen LogP contribution is -2.30. The van der Waals surface area contributed by atoms with Crippen molar-refractivity contribution in [3.8, 4) is 0 Å². The number of fused-ring (bicyclic) bond motifs is 8. The fraction of sp³-hybridized carbons (Fsp3) is 0.200. The first-order chi connectivity index (χ1) is 22.2. The number of aromatic nitrogens is 4. The zero-order chi connectivity index (χ0) is 34.6. The maximum atomic E-state index is 14.0. The molecule has 0 saturated heterocycles. The van der Waals surface area contributed by atoms with Crippen molar-refractivity contribution in [3.63, 3.8) is 0 Å². The van der Waals surface area contributed by atoms with Gasteiger partial charge in [0.05, 0.1) is 39.5 Å². The summed E-state index contributed by atoms with van der Waals surface area (Å²) >= 11 is 0. The number of rotatable bonds is 0. The maximum absolute atomic E-state index is 14.0. The first-order valence-corrected chi connectivity index (χ1v) is 13.6. The topological polar surface area (TPSA) is 68.7 Å². The van der Waals surface area contributed by atoms with E-state index in [1.54, 1.807) is 0 Å². The molecule has 7 aromatic rings. The smallest absolute Gasteiger partial charge is 0.268 e. The number of allylic oxidation sites excluding steroid dienone is 2. The van der Waals surface area contributed by atoms with Crippen molar-refractivity contribution in [2.45, 2.75) is 31.1 Å². The number of alkyl halides is 12. The molecule has 3 aromatic carbocycles. The van der Waals surface area contributed by atoms with Crippen molar-refractivity contribution in [2.24, 2.45) is 5.92 Å². The summed E-state index contributed by atoms with van der Waals surface area (Å²) in [5.41, 5.74) is -11.7. The highest BCUT2D eigenvalue weighted by Crippen LogP contribution is 2.46. The normalized spacial score (nSPS) is 16.8. The zero-order valence-electron chi connectivity index (χ0n) is 23.0. The summed E-state index contributed by atoms with van der Waals surface area (Å²) in [6.45, 7) is 0. The summed E-state index contributed by atoms with van der Waals surface area (Å²) in [5.74, 6) is -2.60. The zero-order valence-corrected chi connectivity index (χ0v) is 23.0. The van der Waals surface area contributed by atoms with Gasteiger partial charge in [0.15, 0.2) is 0 Å². The van der Waals surface area contributed by atoms with E-state index in [9.17, 15) is 62.3 Å². The third-order valence-electron chi connectivity index (χ3n) is 8.64. The predicted molar refractivity (Wildman–Crippen MR) is 146 cm³/mol. The number of imidazole rings is 2. The van der Waals surface area contributed by atoms with Crippen LogP contribution in [0.5, 0.6) is 0 Å². The second-order valence-corrected chi connectivity index (χ2v) is 11.3. The number of hydrogen-bond acceptors (Lipinski definition) is 4. The van der Waals surface area contributed by atoms with Crippen LogP contribution in [0.4, 0.5) is 52.7 Å². The second kappa shape index (κ2) is 8.84. The van der Waals surface area contributed by atoms with Gasteiger partial charge in [-0.25, -0.2) is 9.97 Å². The number of pyridine rings is 2. The first kappa shape index (κ1) is 30.2. The number of benzene rings is 3. The summed E-state index contributed by atoms with van der Waals surface area (Å²) < 4.78 is 167. The quantitative estimate of drug-likeness (QED) is 0.120. The van der Waals surface area contributed by atoms with Gasteiger partial charge in [-0.1, -0.05) is 6.08 Å². The number of halogens is 12. The van der Waals surface area contributed by atoms with Gasteiger partial charge in [-0.15, -0.1) is 0 Å². The Morgan fingerprint density at radius 2 is 1.19 bits per heavy atom. The second-order valence-electron chi connectivity index (χ2n) is 11.3. The molecule has 0 spiro atoms. The van der Waals surface area contributed by atoms with Gasteiger partial charge < -0.3 is 0 Å². The monoisotopic (exact) mass is 686 g/mol. The molecule has 8 rings (SSSR count). The van der Waals surface area contributed by atoms with Crippen LogP contribution in [0.25, 0.3) is 60.2 Å². The fourth-order valence-corrected chi connectivity index (χ4v) is 6.65. The molecule has 246 valence electrons. The van der Waals surface area contributed by atoms with E-state index in [4.69, 9.17) is 0 Å². The maximum Gasteiger partial charge on any atom is 0.418 e. The molecule has 1 aliphatic carbocycles. The van der Waals surface area contributed by atoms with Gasteiger partial charge in [0.1, 0.15) is 16.8 Å². The molecule has 1 unspecified atom stereocenters. The Bertz CT molecular complexity index is 2700. The Kier molecular flexibility index (Phi) is 5.56. The van der Waals surface area contributed by atoms with Crippen LogP contribution in [-0.2, 0) is 18.8 Å². The van der Waals surface area contributed by atoms with Crippen LogP contribution < -0.4 is 11.1 Å². The van der Waals surface area contributed by atoms with Crippen LogP contribution in [0, 0.1) is 5.92 Å². The van der Waals surface area contributed by atoms with Gasteiger partial charge in [0, 0.05) is 38.7 Å².